The van der Waals surface area contributed by atoms with Gasteiger partial charge in [-0.25, -0.2) is 0 Å². The number of anilines is 1. The van der Waals surface area contributed by atoms with Gasteiger partial charge in [0.15, 0.2) is 0 Å². The fourth-order valence-corrected chi connectivity index (χ4v) is 2.72. The van der Waals surface area contributed by atoms with Crippen molar-refractivity contribution in [3.05, 3.63) is 69.2 Å². The molecule has 25 heavy (non-hydrogen) atoms. The third-order valence-corrected chi connectivity index (χ3v) is 4.47. The van der Waals surface area contributed by atoms with Crippen LogP contribution in [0.15, 0.2) is 42.5 Å². The Labute approximate surface area is 153 Å². The summed E-state index contributed by atoms with van der Waals surface area (Å²) in [4.78, 5) is 36.9. The Morgan fingerprint density at radius 3 is 2.44 bits per heavy atom. The molecule has 3 rings (SSSR count). The molecule has 1 aliphatic rings. The average molecular weight is 375 g/mol. The highest BCUT2D eigenvalue weighted by Gasteiger charge is 2.32. The smallest absolute Gasteiger partial charge is 0.261 e. The summed E-state index contributed by atoms with van der Waals surface area (Å²) >= 11 is 11.8. The lowest BCUT2D eigenvalue weighted by atomic mass is 10.1. The van der Waals surface area contributed by atoms with E-state index in [0.717, 1.165) is 10.5 Å². The SMILES string of the molecule is CN1C(=O)c2ccc(NC(=O)/C=C/c3ccc(Cl)c(Cl)c3)cc2C1=O. The first-order chi connectivity index (χ1) is 11.9. The Bertz CT molecular complexity index is 938. The van der Waals surface area contributed by atoms with Crippen molar-refractivity contribution in [1.29, 1.82) is 0 Å². The molecule has 0 atom stereocenters. The van der Waals surface area contributed by atoms with E-state index in [4.69, 9.17) is 23.2 Å². The van der Waals surface area contributed by atoms with Crippen LogP contribution >= 0.6 is 23.2 Å². The van der Waals surface area contributed by atoms with Gasteiger partial charge in [0.25, 0.3) is 11.8 Å². The first-order valence-electron chi connectivity index (χ1n) is 7.27. The van der Waals surface area contributed by atoms with Gasteiger partial charge in [0.1, 0.15) is 0 Å². The van der Waals surface area contributed by atoms with Crippen molar-refractivity contribution in [3.8, 4) is 0 Å². The lowest BCUT2D eigenvalue weighted by Crippen LogP contribution is -2.24. The van der Waals surface area contributed by atoms with Crippen LogP contribution in [0.25, 0.3) is 6.08 Å². The van der Waals surface area contributed by atoms with Gasteiger partial charge in [0, 0.05) is 18.8 Å². The van der Waals surface area contributed by atoms with Crippen LogP contribution in [0.3, 0.4) is 0 Å². The van der Waals surface area contributed by atoms with Gasteiger partial charge < -0.3 is 5.32 Å². The molecular formula is C18H12Cl2N2O3. The zero-order valence-corrected chi connectivity index (χ0v) is 14.6. The molecule has 0 bridgehead atoms. The predicted octanol–water partition coefficient (Wildman–Crippen LogP) is 3.87. The summed E-state index contributed by atoms with van der Waals surface area (Å²) in [5.74, 6) is -1.11. The van der Waals surface area contributed by atoms with E-state index in [0.29, 0.717) is 21.3 Å². The van der Waals surface area contributed by atoms with Crippen LogP contribution in [0.4, 0.5) is 5.69 Å². The minimum absolute atomic E-state index is 0.277. The molecular weight excluding hydrogens is 363 g/mol. The largest absolute Gasteiger partial charge is 0.322 e. The van der Waals surface area contributed by atoms with E-state index in [9.17, 15) is 14.4 Å². The summed E-state index contributed by atoms with van der Waals surface area (Å²) in [7, 11) is 1.42. The monoisotopic (exact) mass is 374 g/mol. The summed E-state index contributed by atoms with van der Waals surface area (Å²) in [6.07, 6.45) is 2.93. The van der Waals surface area contributed by atoms with E-state index < -0.39 is 0 Å². The minimum Gasteiger partial charge on any atom is -0.322 e. The van der Waals surface area contributed by atoms with Crippen molar-refractivity contribution >= 4 is 52.7 Å². The number of halogens is 2. The number of rotatable bonds is 3. The Morgan fingerprint density at radius 1 is 1.00 bits per heavy atom. The van der Waals surface area contributed by atoms with E-state index in [2.05, 4.69) is 5.32 Å². The predicted molar refractivity (Wildman–Crippen MR) is 97.0 cm³/mol. The zero-order chi connectivity index (χ0) is 18.1. The summed E-state index contributed by atoms with van der Waals surface area (Å²) in [6.45, 7) is 0. The average Bonchev–Trinajstić information content (AvgIpc) is 2.80. The molecule has 1 aliphatic heterocycles. The molecule has 2 aromatic carbocycles. The van der Waals surface area contributed by atoms with Crippen LogP contribution in [0.2, 0.25) is 10.0 Å². The second-order valence-corrected chi connectivity index (χ2v) is 6.24. The van der Waals surface area contributed by atoms with E-state index in [1.54, 1.807) is 30.3 Å². The Morgan fingerprint density at radius 2 is 1.72 bits per heavy atom. The normalized spacial score (nSPS) is 13.5. The van der Waals surface area contributed by atoms with Crippen LogP contribution in [0.1, 0.15) is 26.3 Å². The van der Waals surface area contributed by atoms with E-state index in [1.165, 1.54) is 25.3 Å². The van der Waals surface area contributed by atoms with Crippen molar-refractivity contribution in [2.75, 3.05) is 12.4 Å². The van der Waals surface area contributed by atoms with Crippen LogP contribution in [-0.4, -0.2) is 29.7 Å². The standard InChI is InChI=1S/C18H12Cl2N2O3/c1-22-17(24)12-5-4-11(9-13(12)18(22)25)21-16(23)7-3-10-2-6-14(19)15(20)8-10/h2-9H,1H3,(H,21,23)/b7-3+. The number of imide groups is 1. The fraction of sp³-hybridized carbons (Fsp3) is 0.0556. The van der Waals surface area contributed by atoms with E-state index in [1.807, 2.05) is 0 Å². The van der Waals surface area contributed by atoms with Gasteiger partial charge in [-0.15, -0.1) is 0 Å². The topological polar surface area (TPSA) is 66.5 Å². The van der Waals surface area contributed by atoms with Crippen molar-refractivity contribution in [2.45, 2.75) is 0 Å². The number of nitrogens with zero attached hydrogens (tertiary/aromatic N) is 1. The van der Waals surface area contributed by atoms with Crippen molar-refractivity contribution in [3.63, 3.8) is 0 Å². The number of carbonyl (C=O) groups excluding carboxylic acids is 3. The maximum Gasteiger partial charge on any atom is 0.261 e. The molecule has 0 unspecified atom stereocenters. The van der Waals surface area contributed by atoms with E-state index in [-0.39, 0.29) is 23.3 Å². The molecule has 0 aromatic heterocycles. The van der Waals surface area contributed by atoms with Crippen molar-refractivity contribution in [2.24, 2.45) is 0 Å². The second-order valence-electron chi connectivity index (χ2n) is 5.43. The quantitative estimate of drug-likeness (QED) is 0.654. The highest BCUT2D eigenvalue weighted by molar-refractivity contribution is 6.42. The Hall–Kier alpha value is -2.63. The van der Waals surface area contributed by atoms with E-state index >= 15 is 0 Å². The molecule has 0 fully saturated rings. The molecule has 1 heterocycles. The highest BCUT2D eigenvalue weighted by Crippen LogP contribution is 2.25. The molecule has 1 N–H and O–H groups in total. The summed E-state index contributed by atoms with van der Waals surface area (Å²) in [5.41, 5.74) is 1.76. The molecule has 0 saturated heterocycles. The second kappa shape index (κ2) is 6.70. The molecule has 0 saturated carbocycles. The molecule has 2 aromatic rings. The van der Waals surface area contributed by atoms with Gasteiger partial charge in [0.2, 0.25) is 5.91 Å². The van der Waals surface area contributed by atoms with Crippen LogP contribution in [-0.2, 0) is 4.79 Å². The first kappa shape index (κ1) is 17.2. The number of benzene rings is 2. The van der Waals surface area contributed by atoms with Gasteiger partial charge >= 0.3 is 0 Å². The zero-order valence-electron chi connectivity index (χ0n) is 13.0. The molecule has 0 spiro atoms. The number of hydrogen-bond donors (Lipinski definition) is 1. The molecule has 5 nitrogen and oxygen atoms in total. The summed E-state index contributed by atoms with van der Waals surface area (Å²) < 4.78 is 0. The third kappa shape index (κ3) is 3.43. The molecule has 3 amide bonds. The summed E-state index contributed by atoms with van der Waals surface area (Å²) in [6, 6.07) is 9.60. The van der Waals surface area contributed by atoms with Crippen LogP contribution in [0, 0.1) is 0 Å². The number of nitrogens with one attached hydrogen (secondary N) is 1. The lowest BCUT2D eigenvalue weighted by Gasteiger charge is -2.04. The highest BCUT2D eigenvalue weighted by atomic mass is 35.5. The Kier molecular flexibility index (Phi) is 4.61. The maximum atomic E-state index is 12.0. The molecule has 7 heteroatoms. The van der Waals surface area contributed by atoms with Gasteiger partial charge in [-0.05, 0) is 42.0 Å². The molecule has 0 aliphatic carbocycles. The fourth-order valence-electron chi connectivity index (χ4n) is 2.41. The van der Waals surface area contributed by atoms with Crippen molar-refractivity contribution in [1.82, 2.24) is 4.90 Å². The maximum absolute atomic E-state index is 12.0. The lowest BCUT2D eigenvalue weighted by molar-refractivity contribution is -0.111. The minimum atomic E-state index is -0.387. The van der Waals surface area contributed by atoms with Gasteiger partial charge in [0.05, 0.1) is 21.2 Å². The number of hydrogen-bond acceptors (Lipinski definition) is 3. The van der Waals surface area contributed by atoms with Gasteiger partial charge in [-0.1, -0.05) is 29.3 Å². The van der Waals surface area contributed by atoms with Crippen LogP contribution in [0.5, 0.6) is 0 Å². The first-order valence-corrected chi connectivity index (χ1v) is 8.03. The Balaban J connectivity index is 1.74. The van der Waals surface area contributed by atoms with Gasteiger partial charge in [-0.2, -0.15) is 0 Å². The molecule has 126 valence electrons. The molecule has 0 radical (unpaired) electrons. The van der Waals surface area contributed by atoms with Crippen molar-refractivity contribution < 1.29 is 14.4 Å². The summed E-state index contributed by atoms with van der Waals surface area (Å²) in [5, 5.41) is 3.49. The third-order valence-electron chi connectivity index (χ3n) is 3.73. The van der Waals surface area contributed by atoms with Gasteiger partial charge in [-0.3, -0.25) is 19.3 Å². The number of carbonyl (C=O) groups is 3. The number of amides is 3. The number of fused-ring (bicyclic) bond motifs is 1. The van der Waals surface area contributed by atoms with Crippen LogP contribution < -0.4 is 5.32 Å².